The first kappa shape index (κ1) is 37.5. The van der Waals surface area contributed by atoms with Crippen LogP contribution in [0.4, 0.5) is 10.1 Å². The number of aliphatic hydroxyl groups excluding tert-OH is 2. The van der Waals surface area contributed by atoms with Gasteiger partial charge in [0, 0.05) is 43.1 Å². The highest BCUT2D eigenvalue weighted by Crippen LogP contribution is 2.42. The molecule has 1 heterocycles. The van der Waals surface area contributed by atoms with Gasteiger partial charge in [0.1, 0.15) is 5.82 Å². The van der Waals surface area contributed by atoms with Gasteiger partial charge in [-0.1, -0.05) is 75.7 Å². The van der Waals surface area contributed by atoms with Gasteiger partial charge >= 0.3 is 5.97 Å². The summed E-state index contributed by atoms with van der Waals surface area (Å²) >= 11 is 0. The highest BCUT2D eigenvalue weighted by molar-refractivity contribution is 6.12. The number of benzene rings is 3. The van der Waals surface area contributed by atoms with Crippen LogP contribution in [0.5, 0.6) is 0 Å². The fourth-order valence-corrected chi connectivity index (χ4v) is 5.95. The molecule has 0 spiro atoms. The van der Waals surface area contributed by atoms with Crippen LogP contribution in [-0.4, -0.2) is 58.7 Å². The normalized spacial score (nSPS) is 12.6. The van der Waals surface area contributed by atoms with Crippen LogP contribution >= 0.6 is 0 Å². The van der Waals surface area contributed by atoms with Gasteiger partial charge in [0.05, 0.1) is 36.5 Å². The molecule has 8 nitrogen and oxygen atoms in total. The number of unbranched alkanes of at least 4 members (excludes halogenated alkanes) is 1. The number of amides is 1. The maximum Gasteiger partial charge on any atom is 0.308 e. The summed E-state index contributed by atoms with van der Waals surface area (Å²) in [6.45, 7) is 7.82. The molecule has 262 valence electrons. The first-order valence-corrected chi connectivity index (χ1v) is 17.2. The minimum Gasteiger partial charge on any atom is -0.466 e. The number of para-hydroxylation sites is 1. The molecule has 0 unspecified atom stereocenters. The number of esters is 1. The molecule has 2 atom stereocenters. The third-order valence-electron chi connectivity index (χ3n) is 8.26. The number of aromatic nitrogens is 1. The summed E-state index contributed by atoms with van der Waals surface area (Å²) in [5.74, 6) is -1.29. The van der Waals surface area contributed by atoms with Crippen molar-refractivity contribution >= 4 is 17.6 Å². The van der Waals surface area contributed by atoms with Gasteiger partial charge in [-0.15, -0.1) is 0 Å². The quantitative estimate of drug-likeness (QED) is 0.0689. The summed E-state index contributed by atoms with van der Waals surface area (Å²) in [6.07, 6.45) is 0.586. The smallest absolute Gasteiger partial charge is 0.308 e. The van der Waals surface area contributed by atoms with Gasteiger partial charge in [-0.25, -0.2) is 4.39 Å². The lowest BCUT2D eigenvalue weighted by Crippen LogP contribution is -2.24. The maximum atomic E-state index is 14.2. The SMILES string of the molecule is CCCCOCCCOC(=O)C[C@H](O)C[C@H](O)CCn1c(-c2ccc(F)cc2)c(-c2ccccc2)c(C(=O)Nc2ccccc2)c1C(C)C. The highest BCUT2D eigenvalue weighted by atomic mass is 19.1. The zero-order valence-electron chi connectivity index (χ0n) is 28.7. The molecule has 0 saturated carbocycles. The molecule has 4 aromatic rings. The van der Waals surface area contributed by atoms with Crippen LogP contribution in [0.3, 0.4) is 0 Å². The van der Waals surface area contributed by atoms with Gasteiger partial charge in [-0.05, 0) is 72.7 Å². The monoisotopic (exact) mass is 672 g/mol. The number of nitrogens with one attached hydrogen (secondary N) is 1. The van der Waals surface area contributed by atoms with Crippen molar-refractivity contribution in [3.8, 4) is 22.4 Å². The van der Waals surface area contributed by atoms with Gasteiger partial charge in [0.15, 0.2) is 0 Å². The molecule has 0 radical (unpaired) electrons. The maximum absolute atomic E-state index is 14.2. The summed E-state index contributed by atoms with van der Waals surface area (Å²) in [5, 5.41) is 24.7. The van der Waals surface area contributed by atoms with Crippen molar-refractivity contribution in [2.24, 2.45) is 0 Å². The van der Waals surface area contributed by atoms with Crippen molar-refractivity contribution in [1.29, 1.82) is 0 Å². The van der Waals surface area contributed by atoms with E-state index >= 15 is 0 Å². The van der Waals surface area contributed by atoms with E-state index in [1.165, 1.54) is 12.1 Å². The van der Waals surface area contributed by atoms with Crippen LogP contribution in [-0.2, 0) is 20.8 Å². The van der Waals surface area contributed by atoms with E-state index in [1.807, 2.05) is 79.1 Å². The van der Waals surface area contributed by atoms with E-state index in [4.69, 9.17) is 9.47 Å². The zero-order valence-corrected chi connectivity index (χ0v) is 28.7. The van der Waals surface area contributed by atoms with Crippen molar-refractivity contribution < 1.29 is 33.7 Å². The van der Waals surface area contributed by atoms with E-state index < -0.39 is 18.2 Å². The third kappa shape index (κ3) is 10.8. The molecule has 0 fully saturated rings. The Morgan fingerprint density at radius 1 is 0.837 bits per heavy atom. The fraction of sp³-hybridized carbons (Fsp3) is 0.400. The Balaban J connectivity index is 1.59. The summed E-state index contributed by atoms with van der Waals surface area (Å²) < 4.78 is 26.9. The molecule has 0 aliphatic carbocycles. The predicted molar refractivity (Wildman–Crippen MR) is 191 cm³/mol. The molecule has 1 aromatic heterocycles. The standard InChI is InChI=1S/C40H49FN2O6/c1-4-5-23-48-24-12-25-49-35(46)27-34(45)26-33(44)21-22-43-38(28(2)3)37(40(47)42-32-15-10-7-11-16-32)36(29-13-8-6-9-14-29)39(43)30-17-19-31(41)20-18-30/h6-11,13-20,28,33-34,44-45H,4-5,12,21-27H2,1-3H3,(H,42,47)/t33-,34-/m1/s1. The summed E-state index contributed by atoms with van der Waals surface area (Å²) in [5.41, 5.74) is 4.89. The van der Waals surface area contributed by atoms with Crippen molar-refractivity contribution in [2.45, 2.75) is 84.0 Å². The van der Waals surface area contributed by atoms with Gasteiger partial charge in [-0.3, -0.25) is 9.59 Å². The number of carbonyl (C=O) groups is 2. The van der Waals surface area contributed by atoms with E-state index in [0.717, 1.165) is 29.8 Å². The summed E-state index contributed by atoms with van der Waals surface area (Å²) in [4.78, 5) is 26.5. The zero-order chi connectivity index (χ0) is 35.2. The lowest BCUT2D eigenvalue weighted by Gasteiger charge is -2.20. The highest BCUT2D eigenvalue weighted by Gasteiger charge is 2.31. The van der Waals surface area contributed by atoms with Crippen LogP contribution in [0.2, 0.25) is 0 Å². The van der Waals surface area contributed by atoms with Gasteiger partial charge < -0.3 is 29.6 Å². The van der Waals surface area contributed by atoms with Crippen molar-refractivity contribution in [3.63, 3.8) is 0 Å². The van der Waals surface area contributed by atoms with Gasteiger partial charge in [0.25, 0.3) is 5.91 Å². The number of anilines is 1. The molecule has 4 rings (SSSR count). The number of hydrogen-bond acceptors (Lipinski definition) is 6. The number of carbonyl (C=O) groups excluding carboxylic acids is 2. The third-order valence-corrected chi connectivity index (χ3v) is 8.26. The Labute approximate surface area is 288 Å². The minimum absolute atomic E-state index is 0.0215. The Kier molecular flexibility index (Phi) is 14.6. The van der Waals surface area contributed by atoms with Gasteiger partial charge in [0.2, 0.25) is 0 Å². The first-order valence-electron chi connectivity index (χ1n) is 17.2. The van der Waals surface area contributed by atoms with Crippen LogP contribution in [0, 0.1) is 5.82 Å². The molecule has 3 N–H and O–H groups in total. The Morgan fingerprint density at radius 3 is 2.14 bits per heavy atom. The van der Waals surface area contributed by atoms with Crippen LogP contribution < -0.4 is 5.32 Å². The number of nitrogens with zero attached hydrogens (tertiary/aromatic N) is 1. The van der Waals surface area contributed by atoms with E-state index in [2.05, 4.69) is 12.2 Å². The Hall–Kier alpha value is -4.31. The lowest BCUT2D eigenvalue weighted by atomic mass is 9.94. The number of halogens is 1. The Bertz CT molecular complexity index is 1610. The topological polar surface area (TPSA) is 110 Å². The number of rotatable bonds is 19. The summed E-state index contributed by atoms with van der Waals surface area (Å²) in [6, 6.07) is 25.0. The molecule has 3 aromatic carbocycles. The molecular weight excluding hydrogens is 623 g/mol. The first-order chi connectivity index (χ1) is 23.7. The summed E-state index contributed by atoms with van der Waals surface area (Å²) in [7, 11) is 0. The molecule has 0 saturated heterocycles. The average molecular weight is 673 g/mol. The van der Waals surface area contributed by atoms with E-state index in [9.17, 15) is 24.2 Å². The molecule has 49 heavy (non-hydrogen) atoms. The second-order valence-electron chi connectivity index (χ2n) is 12.6. The molecule has 0 aliphatic rings. The average Bonchev–Trinajstić information content (AvgIpc) is 3.43. The van der Waals surface area contributed by atoms with Crippen LogP contribution in [0.25, 0.3) is 22.4 Å². The van der Waals surface area contributed by atoms with Crippen LogP contribution in [0.1, 0.15) is 81.3 Å². The number of ether oxygens (including phenoxy) is 2. The largest absolute Gasteiger partial charge is 0.466 e. The van der Waals surface area contributed by atoms with Crippen molar-refractivity contribution in [2.75, 3.05) is 25.1 Å². The number of aliphatic hydroxyl groups is 2. The second kappa shape index (κ2) is 19.0. The molecule has 0 bridgehead atoms. The second-order valence-corrected chi connectivity index (χ2v) is 12.6. The lowest BCUT2D eigenvalue weighted by molar-refractivity contribution is -0.146. The minimum atomic E-state index is -1.08. The van der Waals surface area contributed by atoms with E-state index in [-0.39, 0.29) is 43.5 Å². The molecule has 1 amide bonds. The van der Waals surface area contributed by atoms with E-state index in [0.29, 0.717) is 48.6 Å². The predicted octanol–water partition coefficient (Wildman–Crippen LogP) is 7.98. The van der Waals surface area contributed by atoms with Gasteiger partial charge in [-0.2, -0.15) is 0 Å². The van der Waals surface area contributed by atoms with Crippen LogP contribution in [0.15, 0.2) is 84.9 Å². The Morgan fingerprint density at radius 2 is 1.49 bits per heavy atom. The molecule has 0 aliphatic heterocycles. The number of hydrogen-bond donors (Lipinski definition) is 3. The van der Waals surface area contributed by atoms with Crippen molar-refractivity contribution in [3.05, 3.63) is 102 Å². The van der Waals surface area contributed by atoms with E-state index in [1.54, 1.807) is 12.1 Å². The fourth-order valence-electron chi connectivity index (χ4n) is 5.95. The molecular formula is C40H49FN2O6. The molecule has 9 heteroatoms. The van der Waals surface area contributed by atoms with Crippen molar-refractivity contribution in [1.82, 2.24) is 4.57 Å².